The van der Waals surface area contributed by atoms with Gasteiger partial charge in [0.1, 0.15) is 11.2 Å². The number of fused-ring (bicyclic) bond motifs is 7. The van der Waals surface area contributed by atoms with Crippen molar-refractivity contribution in [2.24, 2.45) is 0 Å². The predicted octanol–water partition coefficient (Wildman–Crippen LogP) is 17.2. The van der Waals surface area contributed by atoms with Crippen LogP contribution in [0.1, 0.15) is 0 Å². The Labute approximate surface area is 360 Å². The molecule has 2 heteroatoms. The number of nitrogens with zero attached hydrogens (tertiary/aromatic N) is 1. The van der Waals surface area contributed by atoms with E-state index < -0.39 is 0 Å². The van der Waals surface area contributed by atoms with Crippen LogP contribution < -0.4 is 4.90 Å². The largest absolute Gasteiger partial charge is 0.456 e. The Bertz CT molecular complexity index is 3630. The molecule has 1 heterocycles. The Hall–Kier alpha value is -8.20. The van der Waals surface area contributed by atoms with E-state index in [9.17, 15) is 0 Å². The fourth-order valence-electron chi connectivity index (χ4n) is 9.56. The van der Waals surface area contributed by atoms with Gasteiger partial charge in [0.25, 0.3) is 0 Å². The molecule has 62 heavy (non-hydrogen) atoms. The number of hydrogen-bond acceptors (Lipinski definition) is 2. The van der Waals surface area contributed by atoms with Crippen LogP contribution in [0.15, 0.2) is 241 Å². The van der Waals surface area contributed by atoms with Crippen LogP contribution in [0.5, 0.6) is 0 Å². The number of hydrogen-bond donors (Lipinski definition) is 0. The standard InChI is InChI=1S/C60H39NO/c1-2-14-41(15-3-1)50-25-11-17-43-18-12-27-56(60(43)50)53-22-6-8-28-57(53)61(46-34-30-40(31-35-46)44-33-37-55-54-23-7-9-29-58(54)62-59(55)39-44)47-20-10-19-45(38-47)49-24-13-26-51-48-21-5-4-16-42(48)32-36-52(49)51/h1-39H. The first-order valence-electron chi connectivity index (χ1n) is 21.2. The van der Waals surface area contributed by atoms with Crippen LogP contribution in [-0.2, 0) is 0 Å². The molecular weight excluding hydrogens is 751 g/mol. The molecule has 0 aliphatic heterocycles. The fourth-order valence-corrected chi connectivity index (χ4v) is 9.56. The van der Waals surface area contributed by atoms with Crippen molar-refractivity contribution in [2.75, 3.05) is 4.90 Å². The third kappa shape index (κ3) is 6.04. The summed E-state index contributed by atoms with van der Waals surface area (Å²) in [6.45, 7) is 0. The van der Waals surface area contributed by atoms with E-state index in [1.54, 1.807) is 0 Å². The third-order valence-corrected chi connectivity index (χ3v) is 12.5. The van der Waals surface area contributed by atoms with Gasteiger partial charge in [-0.05, 0) is 120 Å². The molecule has 0 fully saturated rings. The smallest absolute Gasteiger partial charge is 0.136 e. The summed E-state index contributed by atoms with van der Waals surface area (Å²) >= 11 is 0. The van der Waals surface area contributed by atoms with Gasteiger partial charge in [-0.3, -0.25) is 0 Å². The minimum absolute atomic E-state index is 0.895. The summed E-state index contributed by atoms with van der Waals surface area (Å²) < 4.78 is 6.30. The quantitative estimate of drug-likeness (QED) is 0.150. The minimum Gasteiger partial charge on any atom is -0.456 e. The van der Waals surface area contributed by atoms with Gasteiger partial charge in [0.15, 0.2) is 0 Å². The normalized spacial score (nSPS) is 11.5. The summed E-state index contributed by atoms with van der Waals surface area (Å²) in [5, 5.41) is 9.73. The summed E-state index contributed by atoms with van der Waals surface area (Å²) in [5.41, 5.74) is 14.4. The lowest BCUT2D eigenvalue weighted by atomic mass is 9.90. The molecule has 0 N–H and O–H groups in total. The van der Waals surface area contributed by atoms with E-state index >= 15 is 0 Å². The van der Waals surface area contributed by atoms with Crippen molar-refractivity contribution in [2.45, 2.75) is 0 Å². The SMILES string of the molecule is c1ccc(-c2cccc3cccc(-c4ccccc4N(c4ccc(-c5ccc6c(c5)oc5ccccc56)cc4)c4cccc(-c5cccc6c5ccc5ccccc56)c4)c23)cc1. The molecular formula is C60H39NO. The minimum atomic E-state index is 0.895. The first-order chi connectivity index (χ1) is 30.7. The molecule has 0 aliphatic carbocycles. The van der Waals surface area contributed by atoms with Crippen molar-refractivity contribution in [3.8, 4) is 44.5 Å². The van der Waals surface area contributed by atoms with Crippen LogP contribution in [0.25, 0.3) is 98.8 Å². The summed E-state index contributed by atoms with van der Waals surface area (Å²) in [5.74, 6) is 0. The lowest BCUT2D eigenvalue weighted by Gasteiger charge is -2.29. The highest BCUT2D eigenvalue weighted by molar-refractivity contribution is 6.13. The van der Waals surface area contributed by atoms with Gasteiger partial charge in [-0.15, -0.1) is 0 Å². The number of rotatable bonds is 7. The number of para-hydroxylation sites is 2. The van der Waals surface area contributed by atoms with Gasteiger partial charge in [-0.2, -0.15) is 0 Å². The second-order valence-electron chi connectivity index (χ2n) is 16.0. The zero-order valence-corrected chi connectivity index (χ0v) is 33.9. The highest BCUT2D eigenvalue weighted by Crippen LogP contribution is 2.46. The second kappa shape index (κ2) is 14.8. The molecule has 2 nitrogen and oxygen atoms in total. The summed E-state index contributed by atoms with van der Waals surface area (Å²) in [7, 11) is 0. The van der Waals surface area contributed by atoms with Crippen LogP contribution in [0.4, 0.5) is 17.1 Å². The molecule has 12 rings (SSSR count). The molecule has 290 valence electrons. The van der Waals surface area contributed by atoms with E-state index in [-0.39, 0.29) is 0 Å². The molecule has 0 atom stereocenters. The maximum absolute atomic E-state index is 6.30. The third-order valence-electron chi connectivity index (χ3n) is 12.5. The lowest BCUT2D eigenvalue weighted by molar-refractivity contribution is 0.669. The molecule has 11 aromatic carbocycles. The maximum Gasteiger partial charge on any atom is 0.136 e. The summed E-state index contributed by atoms with van der Waals surface area (Å²) in [6.07, 6.45) is 0. The Kier molecular flexibility index (Phi) is 8.53. The zero-order valence-electron chi connectivity index (χ0n) is 33.9. The Morgan fingerprint density at radius 2 is 0.887 bits per heavy atom. The first kappa shape index (κ1) is 35.7. The molecule has 12 aromatic rings. The van der Waals surface area contributed by atoms with Gasteiger partial charge in [-0.25, -0.2) is 0 Å². The average Bonchev–Trinajstić information content (AvgIpc) is 3.72. The Balaban J connectivity index is 1.04. The molecule has 1 aromatic heterocycles. The van der Waals surface area contributed by atoms with Gasteiger partial charge in [0.05, 0.1) is 5.69 Å². The van der Waals surface area contributed by atoms with Crippen molar-refractivity contribution in [3.05, 3.63) is 237 Å². The van der Waals surface area contributed by atoms with Crippen molar-refractivity contribution in [1.82, 2.24) is 0 Å². The van der Waals surface area contributed by atoms with E-state index in [1.807, 2.05) is 12.1 Å². The highest BCUT2D eigenvalue weighted by Gasteiger charge is 2.21. The molecule has 0 unspecified atom stereocenters. The van der Waals surface area contributed by atoms with Crippen LogP contribution in [0, 0.1) is 0 Å². The van der Waals surface area contributed by atoms with Crippen LogP contribution in [-0.4, -0.2) is 0 Å². The van der Waals surface area contributed by atoms with Crippen LogP contribution in [0.3, 0.4) is 0 Å². The van der Waals surface area contributed by atoms with Crippen molar-refractivity contribution in [3.63, 3.8) is 0 Å². The van der Waals surface area contributed by atoms with Crippen molar-refractivity contribution in [1.29, 1.82) is 0 Å². The summed E-state index contributed by atoms with van der Waals surface area (Å²) in [6, 6.07) is 85.6. The first-order valence-corrected chi connectivity index (χ1v) is 21.2. The second-order valence-corrected chi connectivity index (χ2v) is 16.0. The van der Waals surface area contributed by atoms with Crippen LogP contribution in [0.2, 0.25) is 0 Å². The zero-order chi connectivity index (χ0) is 41.0. The summed E-state index contributed by atoms with van der Waals surface area (Å²) in [4.78, 5) is 2.43. The molecule has 0 saturated carbocycles. The van der Waals surface area contributed by atoms with E-state index in [1.165, 1.54) is 54.6 Å². The van der Waals surface area contributed by atoms with E-state index in [2.05, 4.69) is 229 Å². The van der Waals surface area contributed by atoms with Crippen molar-refractivity contribution < 1.29 is 4.42 Å². The molecule has 0 radical (unpaired) electrons. The molecule has 0 aliphatic rings. The Morgan fingerprint density at radius 3 is 1.77 bits per heavy atom. The number of benzene rings is 11. The average molecular weight is 790 g/mol. The van der Waals surface area contributed by atoms with Crippen LogP contribution >= 0.6 is 0 Å². The van der Waals surface area contributed by atoms with E-state index in [0.29, 0.717) is 0 Å². The molecule has 0 amide bonds. The van der Waals surface area contributed by atoms with Gasteiger partial charge in [-0.1, -0.05) is 188 Å². The Morgan fingerprint density at radius 1 is 0.274 bits per heavy atom. The van der Waals surface area contributed by atoms with Gasteiger partial charge >= 0.3 is 0 Å². The molecule has 0 bridgehead atoms. The van der Waals surface area contributed by atoms with Gasteiger partial charge in [0.2, 0.25) is 0 Å². The van der Waals surface area contributed by atoms with Crippen molar-refractivity contribution >= 4 is 71.3 Å². The molecule has 0 saturated heterocycles. The van der Waals surface area contributed by atoms with E-state index in [0.717, 1.165) is 61.3 Å². The maximum atomic E-state index is 6.30. The van der Waals surface area contributed by atoms with Gasteiger partial charge in [0, 0.05) is 27.7 Å². The fraction of sp³-hybridized carbons (Fsp3) is 0. The van der Waals surface area contributed by atoms with Gasteiger partial charge < -0.3 is 9.32 Å². The predicted molar refractivity (Wildman–Crippen MR) is 263 cm³/mol. The highest BCUT2D eigenvalue weighted by atomic mass is 16.3. The topological polar surface area (TPSA) is 16.4 Å². The monoisotopic (exact) mass is 789 g/mol. The number of anilines is 3. The number of furan rings is 1. The van der Waals surface area contributed by atoms with E-state index in [4.69, 9.17) is 4.42 Å². The molecule has 0 spiro atoms. The lowest BCUT2D eigenvalue weighted by Crippen LogP contribution is -2.11.